The average molecular weight is 438 g/mol. The van der Waals surface area contributed by atoms with Crippen molar-refractivity contribution in [2.45, 2.75) is 53.0 Å². The summed E-state index contributed by atoms with van der Waals surface area (Å²) in [5, 5.41) is 6.31. The summed E-state index contributed by atoms with van der Waals surface area (Å²) in [6, 6.07) is 9.34. The number of nitrogens with one attached hydrogen (secondary N) is 2. The predicted octanol–water partition coefficient (Wildman–Crippen LogP) is 6.14. The summed E-state index contributed by atoms with van der Waals surface area (Å²) in [7, 11) is 0. The van der Waals surface area contributed by atoms with Crippen molar-refractivity contribution in [3.8, 4) is 0 Å². The van der Waals surface area contributed by atoms with Crippen molar-refractivity contribution >= 4 is 29.4 Å². The zero-order valence-corrected chi connectivity index (χ0v) is 19.9. The van der Waals surface area contributed by atoms with Crippen LogP contribution in [0.4, 0.5) is 15.8 Å². The molecule has 172 valence electrons. The van der Waals surface area contributed by atoms with Crippen LogP contribution in [-0.2, 0) is 16.8 Å². The van der Waals surface area contributed by atoms with Gasteiger partial charge in [0, 0.05) is 30.4 Å². The molecule has 2 rings (SSSR count). The highest BCUT2D eigenvalue weighted by molar-refractivity contribution is 5.92. The minimum absolute atomic E-state index is 0.0345. The second kappa shape index (κ2) is 11.0. The van der Waals surface area contributed by atoms with E-state index in [0.29, 0.717) is 17.0 Å². The Morgan fingerprint density at radius 2 is 1.91 bits per heavy atom. The molecule has 0 fully saturated rings. The van der Waals surface area contributed by atoms with E-state index in [0.717, 1.165) is 24.2 Å². The third-order valence-corrected chi connectivity index (χ3v) is 5.28. The Bertz CT molecular complexity index is 987. The van der Waals surface area contributed by atoms with Crippen molar-refractivity contribution in [3.05, 3.63) is 71.1 Å². The van der Waals surface area contributed by atoms with Crippen LogP contribution >= 0.6 is 0 Å². The smallest absolute Gasteiger partial charge is 0.244 e. The number of carbonyl (C=O) groups is 1. The van der Waals surface area contributed by atoms with Gasteiger partial charge >= 0.3 is 0 Å². The van der Waals surface area contributed by atoms with Crippen LogP contribution in [0.15, 0.2) is 43.0 Å². The van der Waals surface area contributed by atoms with Gasteiger partial charge in [-0.15, -0.1) is 0 Å². The average Bonchev–Trinajstić information content (AvgIpc) is 2.72. The molecule has 2 aromatic rings. The van der Waals surface area contributed by atoms with Gasteiger partial charge in [-0.2, -0.15) is 0 Å². The van der Waals surface area contributed by atoms with Gasteiger partial charge < -0.3 is 16.4 Å². The molecule has 4 nitrogen and oxygen atoms in total. The van der Waals surface area contributed by atoms with Crippen LogP contribution in [-0.4, -0.2) is 12.5 Å². The van der Waals surface area contributed by atoms with Gasteiger partial charge in [0.2, 0.25) is 5.91 Å². The van der Waals surface area contributed by atoms with E-state index < -0.39 is 5.82 Å². The Labute approximate surface area is 191 Å². The molecule has 0 saturated heterocycles. The highest BCUT2D eigenvalue weighted by Gasteiger charge is 2.15. The van der Waals surface area contributed by atoms with Gasteiger partial charge in [-0.3, -0.25) is 4.79 Å². The fourth-order valence-electron chi connectivity index (χ4n) is 3.20. The van der Waals surface area contributed by atoms with Crippen molar-refractivity contribution < 1.29 is 9.18 Å². The van der Waals surface area contributed by atoms with Gasteiger partial charge in [-0.05, 0) is 58.7 Å². The number of rotatable bonds is 9. The maximum absolute atomic E-state index is 13.9. The Morgan fingerprint density at radius 1 is 1.19 bits per heavy atom. The number of nitrogens with two attached hydrogens (primary N) is 1. The summed E-state index contributed by atoms with van der Waals surface area (Å²) in [6.07, 6.45) is 5.87. The van der Waals surface area contributed by atoms with E-state index in [9.17, 15) is 9.18 Å². The molecule has 0 radical (unpaired) electrons. The SMILES string of the molecule is C=Cc1cc(CNC(=O)/C=C/c2ccc(C(C)(C)C)cc2NCCC(C)C)cc(F)c1N. The zero-order valence-electron chi connectivity index (χ0n) is 19.9. The highest BCUT2D eigenvalue weighted by Crippen LogP contribution is 2.28. The van der Waals surface area contributed by atoms with Crippen molar-refractivity contribution in [2.75, 3.05) is 17.6 Å². The van der Waals surface area contributed by atoms with Gasteiger partial charge in [-0.1, -0.05) is 59.4 Å². The molecule has 5 heteroatoms. The number of hydrogen-bond acceptors (Lipinski definition) is 3. The van der Waals surface area contributed by atoms with E-state index in [2.05, 4.69) is 64.0 Å². The van der Waals surface area contributed by atoms with Crippen LogP contribution in [0.25, 0.3) is 12.2 Å². The molecule has 0 atom stereocenters. The van der Waals surface area contributed by atoms with Crippen LogP contribution in [0.1, 0.15) is 63.3 Å². The summed E-state index contributed by atoms with van der Waals surface area (Å²) < 4.78 is 13.9. The van der Waals surface area contributed by atoms with Crippen LogP contribution in [0.2, 0.25) is 0 Å². The standard InChI is InChI=1S/C27H36FN3O/c1-7-20-14-19(15-23(28)26(20)29)17-31-25(32)11-9-21-8-10-22(27(4,5)6)16-24(21)30-13-12-18(2)3/h7-11,14-16,18,30H,1,12-13,17,29H2,2-6H3,(H,31,32)/b11-9+. The van der Waals surface area contributed by atoms with Gasteiger partial charge in [0.15, 0.2) is 0 Å². The largest absolute Gasteiger partial charge is 0.396 e. The van der Waals surface area contributed by atoms with E-state index >= 15 is 0 Å². The molecule has 0 aliphatic heterocycles. The maximum Gasteiger partial charge on any atom is 0.244 e. The summed E-state index contributed by atoms with van der Waals surface area (Å²) in [4.78, 5) is 12.4. The molecule has 0 heterocycles. The second-order valence-electron chi connectivity index (χ2n) is 9.50. The lowest BCUT2D eigenvalue weighted by Gasteiger charge is -2.21. The summed E-state index contributed by atoms with van der Waals surface area (Å²) in [5.74, 6) is -0.161. The topological polar surface area (TPSA) is 67.2 Å². The summed E-state index contributed by atoms with van der Waals surface area (Å²) >= 11 is 0. The Morgan fingerprint density at radius 3 is 2.53 bits per heavy atom. The first kappa shape index (κ1) is 25.2. The van der Waals surface area contributed by atoms with Crippen LogP contribution in [0.3, 0.4) is 0 Å². The van der Waals surface area contributed by atoms with Crippen LogP contribution < -0.4 is 16.4 Å². The molecular weight excluding hydrogens is 401 g/mol. The van der Waals surface area contributed by atoms with Gasteiger partial charge in [0.25, 0.3) is 0 Å². The number of carbonyl (C=O) groups excluding carboxylic acids is 1. The second-order valence-corrected chi connectivity index (χ2v) is 9.50. The lowest BCUT2D eigenvalue weighted by atomic mass is 9.86. The van der Waals surface area contributed by atoms with Crippen molar-refractivity contribution in [3.63, 3.8) is 0 Å². The lowest BCUT2D eigenvalue weighted by Crippen LogP contribution is -2.20. The first-order valence-corrected chi connectivity index (χ1v) is 11.1. The number of nitrogen functional groups attached to an aromatic ring is 1. The number of anilines is 2. The molecule has 0 aliphatic carbocycles. The van der Waals surface area contributed by atoms with E-state index in [1.165, 1.54) is 23.8 Å². The monoisotopic (exact) mass is 437 g/mol. The minimum atomic E-state index is -0.516. The third kappa shape index (κ3) is 7.26. The quantitative estimate of drug-likeness (QED) is 0.326. The van der Waals surface area contributed by atoms with Crippen molar-refractivity contribution in [1.29, 1.82) is 0 Å². The Balaban J connectivity index is 2.12. The van der Waals surface area contributed by atoms with Crippen molar-refractivity contribution in [1.82, 2.24) is 5.32 Å². The predicted molar refractivity (Wildman–Crippen MR) is 135 cm³/mol. The number of benzene rings is 2. The molecule has 32 heavy (non-hydrogen) atoms. The molecule has 0 saturated carbocycles. The molecule has 2 aromatic carbocycles. The minimum Gasteiger partial charge on any atom is -0.396 e. The molecule has 0 aromatic heterocycles. The highest BCUT2D eigenvalue weighted by atomic mass is 19.1. The summed E-state index contributed by atoms with van der Waals surface area (Å²) in [6.45, 7) is 15.6. The van der Waals surface area contributed by atoms with Gasteiger partial charge in [-0.25, -0.2) is 4.39 Å². The molecule has 0 bridgehead atoms. The first-order valence-electron chi connectivity index (χ1n) is 11.1. The fourth-order valence-corrected chi connectivity index (χ4v) is 3.20. The van der Waals surface area contributed by atoms with Crippen LogP contribution in [0, 0.1) is 11.7 Å². The van der Waals surface area contributed by atoms with Crippen LogP contribution in [0.5, 0.6) is 0 Å². The third-order valence-electron chi connectivity index (χ3n) is 5.28. The molecule has 4 N–H and O–H groups in total. The Kier molecular flexibility index (Phi) is 8.64. The molecular formula is C27H36FN3O. The van der Waals surface area contributed by atoms with E-state index in [4.69, 9.17) is 5.73 Å². The number of halogens is 1. The van der Waals surface area contributed by atoms with Crippen molar-refractivity contribution in [2.24, 2.45) is 5.92 Å². The van der Waals surface area contributed by atoms with E-state index in [-0.39, 0.29) is 23.6 Å². The van der Waals surface area contributed by atoms with E-state index in [1.807, 2.05) is 6.07 Å². The van der Waals surface area contributed by atoms with Gasteiger partial charge in [0.05, 0.1) is 5.69 Å². The number of amides is 1. The molecule has 0 unspecified atom stereocenters. The zero-order chi connectivity index (χ0) is 23.9. The normalized spacial score (nSPS) is 11.7. The van der Waals surface area contributed by atoms with Gasteiger partial charge in [0.1, 0.15) is 5.82 Å². The molecule has 0 spiro atoms. The fraction of sp³-hybridized carbons (Fsp3) is 0.370. The first-order chi connectivity index (χ1) is 15.0. The number of hydrogen-bond donors (Lipinski definition) is 3. The molecule has 1 amide bonds. The lowest BCUT2D eigenvalue weighted by molar-refractivity contribution is -0.116. The Hall–Kier alpha value is -3.08. The molecule has 0 aliphatic rings. The maximum atomic E-state index is 13.9. The van der Waals surface area contributed by atoms with E-state index in [1.54, 1.807) is 12.1 Å². The summed E-state index contributed by atoms with van der Waals surface area (Å²) in [5.41, 5.74) is 10.1.